The molecular weight excluding hydrogens is 466 g/mol. The van der Waals surface area contributed by atoms with Crippen molar-refractivity contribution in [3.05, 3.63) is 47.0 Å². The smallest absolute Gasteiger partial charge is 0.309 e. The lowest BCUT2D eigenvalue weighted by atomic mass is 9.70. The van der Waals surface area contributed by atoms with Gasteiger partial charge in [-0.2, -0.15) is 4.98 Å². The van der Waals surface area contributed by atoms with Gasteiger partial charge in [0.25, 0.3) is 6.01 Å². The molecule has 35 heavy (non-hydrogen) atoms. The summed E-state index contributed by atoms with van der Waals surface area (Å²) in [6.45, 7) is 5.03. The molecule has 1 aromatic carbocycles. The number of fused-ring (bicyclic) bond motifs is 1. The highest BCUT2D eigenvalue weighted by Crippen LogP contribution is 2.39. The highest BCUT2D eigenvalue weighted by Gasteiger charge is 2.39. The van der Waals surface area contributed by atoms with E-state index >= 15 is 0 Å². The number of carboxylic acid groups (broad SMARTS) is 1. The Morgan fingerprint density at radius 1 is 1.14 bits per heavy atom. The molecule has 2 N–H and O–H groups in total. The van der Waals surface area contributed by atoms with Crippen LogP contribution in [0.1, 0.15) is 51.5 Å². The Hall–Kier alpha value is -2.90. The van der Waals surface area contributed by atoms with Crippen LogP contribution in [0.4, 0.5) is 0 Å². The largest absolute Gasteiger partial charge is 0.481 e. The molecule has 1 aliphatic heterocycles. The van der Waals surface area contributed by atoms with Crippen LogP contribution in [0.3, 0.4) is 0 Å². The maximum atomic E-state index is 11.6. The highest BCUT2D eigenvalue weighted by atomic mass is 35.5. The number of H-pyrrole nitrogens is 1. The van der Waals surface area contributed by atoms with Crippen molar-refractivity contribution in [3.63, 3.8) is 0 Å². The van der Waals surface area contributed by atoms with Crippen molar-refractivity contribution in [1.82, 2.24) is 15.0 Å². The SMILES string of the molecule is CC(C)(C(=O)O)[C@H]1CC[C@H](Oc2nc3nc(-c4ccc(C5=CCOCC5)cc4)c(Cl)cc3[nH]2)CC1. The molecule has 1 aliphatic carbocycles. The molecule has 3 heterocycles. The number of aliphatic carboxylic acids is 1. The molecule has 1 fully saturated rings. The summed E-state index contributed by atoms with van der Waals surface area (Å²) in [4.78, 5) is 24.0. The topological polar surface area (TPSA) is 97.3 Å². The summed E-state index contributed by atoms with van der Waals surface area (Å²) in [6, 6.07) is 10.5. The number of carbonyl (C=O) groups is 1. The standard InChI is InChI=1S/C27H30ClN3O4/c1-27(2,25(32)33)19-7-9-20(10-8-19)35-26-29-22-15-21(28)23(30-24(22)31-26)18-5-3-16(4-6-18)17-11-13-34-14-12-17/h3-6,11,15,19-20H,7-10,12-14H2,1-2H3,(H,32,33)(H,29,30,31)/t19-,20-. The number of hydrogen-bond donors (Lipinski definition) is 2. The van der Waals surface area contributed by atoms with E-state index in [0.29, 0.717) is 29.0 Å². The fourth-order valence-corrected chi connectivity index (χ4v) is 5.28. The van der Waals surface area contributed by atoms with Crippen LogP contribution < -0.4 is 4.74 Å². The molecule has 2 aromatic heterocycles. The molecule has 0 bridgehead atoms. The van der Waals surface area contributed by atoms with Crippen molar-refractivity contribution in [2.75, 3.05) is 13.2 Å². The van der Waals surface area contributed by atoms with Crippen molar-refractivity contribution < 1.29 is 19.4 Å². The fourth-order valence-electron chi connectivity index (χ4n) is 5.02. The van der Waals surface area contributed by atoms with E-state index in [4.69, 9.17) is 26.1 Å². The summed E-state index contributed by atoms with van der Waals surface area (Å²) in [5, 5.41) is 10.0. The molecule has 0 unspecified atom stereocenters. The lowest BCUT2D eigenvalue weighted by Crippen LogP contribution is -2.37. The van der Waals surface area contributed by atoms with E-state index in [9.17, 15) is 9.90 Å². The monoisotopic (exact) mass is 495 g/mol. The van der Waals surface area contributed by atoms with Crippen molar-refractivity contribution >= 4 is 34.3 Å². The van der Waals surface area contributed by atoms with Gasteiger partial charge >= 0.3 is 5.97 Å². The van der Waals surface area contributed by atoms with Crippen molar-refractivity contribution in [2.45, 2.75) is 52.1 Å². The van der Waals surface area contributed by atoms with Gasteiger partial charge in [0.05, 0.1) is 34.9 Å². The Labute approximate surface area is 209 Å². The molecule has 0 saturated heterocycles. The van der Waals surface area contributed by atoms with Crippen LogP contribution in [0, 0.1) is 11.3 Å². The molecule has 2 aliphatic rings. The second-order valence-electron chi connectivity index (χ2n) is 9.98. The van der Waals surface area contributed by atoms with Gasteiger partial charge in [0.15, 0.2) is 5.65 Å². The van der Waals surface area contributed by atoms with E-state index in [2.05, 4.69) is 28.2 Å². The molecule has 7 nitrogen and oxygen atoms in total. The Morgan fingerprint density at radius 3 is 2.51 bits per heavy atom. The number of carboxylic acids is 1. The summed E-state index contributed by atoms with van der Waals surface area (Å²) in [5.41, 5.74) is 4.65. The molecule has 8 heteroatoms. The number of nitrogens with one attached hydrogen (secondary N) is 1. The first-order valence-electron chi connectivity index (χ1n) is 12.1. The number of nitrogens with zero attached hydrogens (tertiary/aromatic N) is 2. The molecule has 1 saturated carbocycles. The predicted molar refractivity (Wildman–Crippen MR) is 136 cm³/mol. The van der Waals surface area contributed by atoms with Crippen LogP contribution in [-0.4, -0.2) is 45.3 Å². The third-order valence-corrected chi connectivity index (χ3v) is 7.71. The normalized spacial score (nSPS) is 21.1. The zero-order valence-electron chi connectivity index (χ0n) is 20.0. The number of hydrogen-bond acceptors (Lipinski definition) is 5. The van der Waals surface area contributed by atoms with E-state index in [1.54, 1.807) is 0 Å². The first kappa shape index (κ1) is 23.8. The summed E-state index contributed by atoms with van der Waals surface area (Å²) in [7, 11) is 0. The maximum Gasteiger partial charge on any atom is 0.309 e. The van der Waals surface area contributed by atoms with Crippen LogP contribution in [0.15, 0.2) is 36.4 Å². The number of aromatic nitrogens is 3. The Kier molecular flexibility index (Phi) is 6.55. The predicted octanol–water partition coefficient (Wildman–Crippen LogP) is 6.13. The second-order valence-corrected chi connectivity index (χ2v) is 10.4. The van der Waals surface area contributed by atoms with E-state index in [1.807, 2.05) is 32.0 Å². The first-order chi connectivity index (χ1) is 16.8. The van der Waals surface area contributed by atoms with Crippen LogP contribution in [0.2, 0.25) is 5.02 Å². The maximum absolute atomic E-state index is 11.6. The highest BCUT2D eigenvalue weighted by molar-refractivity contribution is 6.33. The van der Waals surface area contributed by atoms with Gasteiger partial charge in [0.2, 0.25) is 0 Å². The summed E-state index contributed by atoms with van der Waals surface area (Å²) >= 11 is 6.58. The number of benzene rings is 1. The van der Waals surface area contributed by atoms with Crippen molar-refractivity contribution in [1.29, 1.82) is 0 Å². The van der Waals surface area contributed by atoms with E-state index in [1.165, 1.54) is 11.1 Å². The molecule has 5 rings (SSSR count). The minimum atomic E-state index is -0.742. The van der Waals surface area contributed by atoms with E-state index in [-0.39, 0.29) is 12.0 Å². The third-order valence-electron chi connectivity index (χ3n) is 7.42. The van der Waals surface area contributed by atoms with Crippen LogP contribution in [0.25, 0.3) is 28.0 Å². The van der Waals surface area contributed by atoms with Gasteiger partial charge < -0.3 is 19.6 Å². The zero-order chi connectivity index (χ0) is 24.6. The van der Waals surface area contributed by atoms with Crippen molar-refractivity contribution in [3.8, 4) is 17.3 Å². The van der Waals surface area contributed by atoms with E-state index < -0.39 is 11.4 Å². The average molecular weight is 496 g/mol. The number of halogens is 1. The van der Waals surface area contributed by atoms with Crippen LogP contribution in [-0.2, 0) is 9.53 Å². The second kappa shape index (κ2) is 9.63. The summed E-state index contributed by atoms with van der Waals surface area (Å²) in [6.07, 6.45) is 6.27. The van der Waals surface area contributed by atoms with Crippen molar-refractivity contribution in [2.24, 2.45) is 11.3 Å². The molecule has 0 radical (unpaired) electrons. The third kappa shape index (κ3) is 4.93. The summed E-state index contributed by atoms with van der Waals surface area (Å²) < 4.78 is 11.5. The fraction of sp³-hybridized carbons (Fsp3) is 0.444. The lowest BCUT2D eigenvalue weighted by molar-refractivity contribution is -0.151. The number of pyridine rings is 1. The average Bonchev–Trinajstić information content (AvgIpc) is 3.25. The molecule has 0 atom stereocenters. The molecule has 0 amide bonds. The Morgan fingerprint density at radius 2 is 1.86 bits per heavy atom. The minimum Gasteiger partial charge on any atom is -0.481 e. The lowest BCUT2D eigenvalue weighted by Gasteiger charge is -2.36. The number of ether oxygens (including phenoxy) is 2. The van der Waals surface area contributed by atoms with Gasteiger partial charge in [-0.15, -0.1) is 0 Å². The molecule has 0 spiro atoms. The molecular formula is C27H30ClN3O4. The molecule has 184 valence electrons. The van der Waals surface area contributed by atoms with Gasteiger partial charge in [-0.05, 0) is 69.1 Å². The number of rotatable bonds is 6. The van der Waals surface area contributed by atoms with Gasteiger partial charge in [0, 0.05) is 5.56 Å². The van der Waals surface area contributed by atoms with Gasteiger partial charge in [-0.3, -0.25) is 4.79 Å². The number of imidazole rings is 1. The van der Waals surface area contributed by atoms with E-state index in [0.717, 1.165) is 49.8 Å². The first-order valence-corrected chi connectivity index (χ1v) is 12.5. The van der Waals surface area contributed by atoms with Gasteiger partial charge in [-0.25, -0.2) is 4.98 Å². The van der Waals surface area contributed by atoms with Crippen LogP contribution >= 0.6 is 11.6 Å². The number of aromatic amines is 1. The minimum absolute atomic E-state index is 0.00149. The quantitative estimate of drug-likeness (QED) is 0.427. The zero-order valence-corrected chi connectivity index (χ0v) is 20.8. The Bertz CT molecular complexity index is 1260. The van der Waals surface area contributed by atoms with Gasteiger partial charge in [0.1, 0.15) is 6.10 Å². The summed E-state index contributed by atoms with van der Waals surface area (Å²) in [5.74, 6) is -0.596. The van der Waals surface area contributed by atoms with Crippen LogP contribution in [0.5, 0.6) is 6.01 Å². The van der Waals surface area contributed by atoms with Gasteiger partial charge in [-0.1, -0.05) is 41.9 Å². The Balaban J connectivity index is 1.29. The molecule has 3 aromatic rings.